The summed E-state index contributed by atoms with van der Waals surface area (Å²) in [6, 6.07) is 17.3. The summed E-state index contributed by atoms with van der Waals surface area (Å²) >= 11 is 0. The van der Waals surface area contributed by atoms with Crippen LogP contribution in [0.1, 0.15) is 25.8 Å². The topological polar surface area (TPSA) is 38.3 Å². The Bertz CT molecular complexity index is 564. The van der Waals surface area contributed by atoms with E-state index in [-0.39, 0.29) is 5.91 Å². The third-order valence-electron chi connectivity index (χ3n) is 3.31. The molecule has 0 aliphatic carbocycles. The van der Waals surface area contributed by atoms with Gasteiger partial charge in [0.1, 0.15) is 5.75 Å². The molecule has 0 fully saturated rings. The van der Waals surface area contributed by atoms with Crippen molar-refractivity contribution < 1.29 is 9.53 Å². The van der Waals surface area contributed by atoms with Crippen molar-refractivity contribution in [2.75, 3.05) is 5.32 Å². The fourth-order valence-corrected chi connectivity index (χ4v) is 2.03. The van der Waals surface area contributed by atoms with Gasteiger partial charge in [-0.15, -0.1) is 0 Å². The van der Waals surface area contributed by atoms with Crippen LogP contribution in [-0.2, 0) is 11.2 Å². The van der Waals surface area contributed by atoms with Crippen molar-refractivity contribution in [1.29, 1.82) is 0 Å². The van der Waals surface area contributed by atoms with Crippen LogP contribution >= 0.6 is 0 Å². The summed E-state index contributed by atoms with van der Waals surface area (Å²) in [7, 11) is 0. The average molecular weight is 283 g/mol. The van der Waals surface area contributed by atoms with Crippen LogP contribution in [0.15, 0.2) is 54.6 Å². The van der Waals surface area contributed by atoms with Gasteiger partial charge in [-0.2, -0.15) is 0 Å². The van der Waals surface area contributed by atoms with Crippen molar-refractivity contribution in [3.8, 4) is 5.75 Å². The predicted molar refractivity (Wildman–Crippen MR) is 85.6 cm³/mol. The van der Waals surface area contributed by atoms with Gasteiger partial charge in [0, 0.05) is 5.69 Å². The van der Waals surface area contributed by atoms with Crippen molar-refractivity contribution in [1.82, 2.24) is 0 Å². The van der Waals surface area contributed by atoms with Gasteiger partial charge in [0.05, 0.1) is 0 Å². The number of amides is 1. The molecule has 0 aliphatic rings. The molecule has 3 heteroatoms. The summed E-state index contributed by atoms with van der Waals surface area (Å²) in [6.45, 7) is 4.04. The fourth-order valence-electron chi connectivity index (χ4n) is 2.03. The minimum atomic E-state index is -0.488. The van der Waals surface area contributed by atoms with E-state index in [1.807, 2.05) is 61.5 Å². The molecule has 0 unspecified atom stereocenters. The Morgan fingerprint density at radius 3 is 2.29 bits per heavy atom. The van der Waals surface area contributed by atoms with E-state index < -0.39 is 6.10 Å². The third-order valence-corrected chi connectivity index (χ3v) is 3.31. The predicted octanol–water partition coefficient (Wildman–Crippen LogP) is 4.05. The molecule has 1 atom stereocenters. The molecule has 2 aromatic rings. The SMILES string of the molecule is CCc1ccc(NC(=O)[C@@H](CC)Oc2ccccc2)cc1. The summed E-state index contributed by atoms with van der Waals surface area (Å²) in [5, 5.41) is 2.90. The largest absolute Gasteiger partial charge is 0.481 e. The van der Waals surface area contributed by atoms with Crippen LogP contribution in [0, 0.1) is 0 Å². The van der Waals surface area contributed by atoms with E-state index in [9.17, 15) is 4.79 Å². The molecule has 0 bridgehead atoms. The lowest BCUT2D eigenvalue weighted by Crippen LogP contribution is -2.32. The quantitative estimate of drug-likeness (QED) is 0.868. The summed E-state index contributed by atoms with van der Waals surface area (Å²) in [4.78, 5) is 12.3. The Hall–Kier alpha value is -2.29. The van der Waals surface area contributed by atoms with Crippen LogP contribution in [0.4, 0.5) is 5.69 Å². The van der Waals surface area contributed by atoms with Crippen molar-refractivity contribution in [3.63, 3.8) is 0 Å². The number of hydrogen-bond acceptors (Lipinski definition) is 2. The number of anilines is 1. The summed E-state index contributed by atoms with van der Waals surface area (Å²) in [5.41, 5.74) is 2.05. The molecule has 0 spiro atoms. The van der Waals surface area contributed by atoms with E-state index in [0.29, 0.717) is 12.2 Å². The first-order chi connectivity index (χ1) is 10.2. The van der Waals surface area contributed by atoms with Crippen LogP contribution in [0.2, 0.25) is 0 Å². The van der Waals surface area contributed by atoms with Gasteiger partial charge in [-0.25, -0.2) is 0 Å². The number of para-hydroxylation sites is 1. The second-order valence-electron chi connectivity index (χ2n) is 4.87. The maximum atomic E-state index is 12.3. The van der Waals surface area contributed by atoms with E-state index >= 15 is 0 Å². The normalized spacial score (nSPS) is 11.7. The molecule has 1 N–H and O–H groups in total. The van der Waals surface area contributed by atoms with Gasteiger partial charge >= 0.3 is 0 Å². The number of nitrogens with one attached hydrogen (secondary N) is 1. The van der Waals surface area contributed by atoms with E-state index in [1.165, 1.54) is 5.56 Å². The zero-order chi connectivity index (χ0) is 15.1. The standard InChI is InChI=1S/C18H21NO2/c1-3-14-10-12-15(13-11-14)19-18(20)17(4-2)21-16-8-6-5-7-9-16/h5-13,17H,3-4H2,1-2H3,(H,19,20)/t17-/m1/s1. The lowest BCUT2D eigenvalue weighted by molar-refractivity contribution is -0.122. The first kappa shape index (κ1) is 15.1. The van der Waals surface area contributed by atoms with Crippen LogP contribution in [-0.4, -0.2) is 12.0 Å². The van der Waals surface area contributed by atoms with Gasteiger partial charge < -0.3 is 10.1 Å². The minimum absolute atomic E-state index is 0.120. The highest BCUT2D eigenvalue weighted by molar-refractivity contribution is 5.94. The number of ether oxygens (including phenoxy) is 1. The summed E-state index contributed by atoms with van der Waals surface area (Å²) < 4.78 is 5.73. The Labute approximate surface area is 126 Å². The highest BCUT2D eigenvalue weighted by Gasteiger charge is 2.18. The molecule has 3 nitrogen and oxygen atoms in total. The lowest BCUT2D eigenvalue weighted by atomic mass is 10.1. The number of carbonyl (C=O) groups excluding carboxylic acids is 1. The molecule has 0 radical (unpaired) electrons. The van der Waals surface area contributed by atoms with Gasteiger partial charge in [-0.05, 0) is 42.7 Å². The second kappa shape index (κ2) is 7.48. The van der Waals surface area contributed by atoms with Gasteiger partial charge in [-0.3, -0.25) is 4.79 Å². The van der Waals surface area contributed by atoms with Gasteiger partial charge in [0.15, 0.2) is 6.10 Å². The maximum absolute atomic E-state index is 12.3. The first-order valence-electron chi connectivity index (χ1n) is 7.34. The number of hydrogen-bond donors (Lipinski definition) is 1. The second-order valence-corrected chi connectivity index (χ2v) is 4.87. The average Bonchev–Trinajstić information content (AvgIpc) is 2.54. The van der Waals surface area contributed by atoms with Crippen molar-refractivity contribution in [2.45, 2.75) is 32.8 Å². The summed E-state index contributed by atoms with van der Waals surface area (Å²) in [5.74, 6) is 0.589. The number of carbonyl (C=O) groups is 1. The molecular formula is C18H21NO2. The van der Waals surface area contributed by atoms with E-state index in [0.717, 1.165) is 12.1 Å². The van der Waals surface area contributed by atoms with Gasteiger partial charge in [0.2, 0.25) is 0 Å². The van der Waals surface area contributed by atoms with Gasteiger partial charge in [0.25, 0.3) is 5.91 Å². The monoisotopic (exact) mass is 283 g/mol. The van der Waals surface area contributed by atoms with E-state index in [1.54, 1.807) is 0 Å². The van der Waals surface area contributed by atoms with Gasteiger partial charge in [-0.1, -0.05) is 44.2 Å². The Kier molecular flexibility index (Phi) is 5.38. The van der Waals surface area contributed by atoms with Crippen LogP contribution in [0.25, 0.3) is 0 Å². The molecule has 0 aromatic heterocycles. The Morgan fingerprint density at radius 1 is 1.05 bits per heavy atom. The fraction of sp³-hybridized carbons (Fsp3) is 0.278. The zero-order valence-corrected chi connectivity index (χ0v) is 12.5. The number of aryl methyl sites for hydroxylation is 1. The van der Waals surface area contributed by atoms with E-state index in [4.69, 9.17) is 4.74 Å². The van der Waals surface area contributed by atoms with Crippen LogP contribution < -0.4 is 10.1 Å². The molecule has 21 heavy (non-hydrogen) atoms. The molecule has 0 aliphatic heterocycles. The van der Waals surface area contributed by atoms with Crippen LogP contribution in [0.3, 0.4) is 0 Å². The minimum Gasteiger partial charge on any atom is -0.481 e. The molecule has 0 saturated carbocycles. The molecule has 0 saturated heterocycles. The molecule has 2 aromatic carbocycles. The van der Waals surface area contributed by atoms with Crippen LogP contribution in [0.5, 0.6) is 5.75 Å². The number of benzene rings is 2. The molecular weight excluding hydrogens is 262 g/mol. The smallest absolute Gasteiger partial charge is 0.265 e. The third kappa shape index (κ3) is 4.35. The van der Waals surface area contributed by atoms with Crippen molar-refractivity contribution in [2.24, 2.45) is 0 Å². The lowest BCUT2D eigenvalue weighted by Gasteiger charge is -2.17. The Morgan fingerprint density at radius 2 is 1.71 bits per heavy atom. The Balaban J connectivity index is 1.99. The van der Waals surface area contributed by atoms with Crippen molar-refractivity contribution >= 4 is 11.6 Å². The highest BCUT2D eigenvalue weighted by atomic mass is 16.5. The highest BCUT2D eigenvalue weighted by Crippen LogP contribution is 2.15. The first-order valence-corrected chi connectivity index (χ1v) is 7.34. The summed E-state index contributed by atoms with van der Waals surface area (Å²) in [6.07, 6.45) is 1.12. The van der Waals surface area contributed by atoms with E-state index in [2.05, 4.69) is 12.2 Å². The number of rotatable bonds is 6. The maximum Gasteiger partial charge on any atom is 0.265 e. The molecule has 110 valence electrons. The molecule has 2 rings (SSSR count). The molecule has 1 amide bonds. The molecule has 0 heterocycles. The van der Waals surface area contributed by atoms with Crippen molar-refractivity contribution in [3.05, 3.63) is 60.2 Å². The zero-order valence-electron chi connectivity index (χ0n) is 12.5.